The fraction of sp³-hybridized carbons (Fsp3) is 0.409. The van der Waals surface area contributed by atoms with Gasteiger partial charge in [-0.2, -0.15) is 5.10 Å². The molecule has 10 heteroatoms. The van der Waals surface area contributed by atoms with E-state index in [4.69, 9.17) is 4.74 Å². The smallest absolute Gasteiger partial charge is 0.407 e. The van der Waals surface area contributed by atoms with Crippen LogP contribution in [0.2, 0.25) is 0 Å². The highest BCUT2D eigenvalue weighted by Crippen LogP contribution is 2.38. The largest absolute Gasteiger partial charge is 0.479 e. The molecule has 0 spiro atoms. The molecule has 5 rings (SSSR count). The summed E-state index contributed by atoms with van der Waals surface area (Å²) in [7, 11) is 3.58. The molecule has 0 aromatic carbocycles. The van der Waals surface area contributed by atoms with Crippen molar-refractivity contribution in [3.8, 4) is 23.0 Å². The second kappa shape index (κ2) is 8.10. The lowest BCUT2D eigenvalue weighted by molar-refractivity contribution is 0.0965. The zero-order valence-corrected chi connectivity index (χ0v) is 18.0. The fourth-order valence-electron chi connectivity index (χ4n) is 4.93. The van der Waals surface area contributed by atoms with Crippen molar-refractivity contribution in [2.24, 2.45) is 0 Å². The van der Waals surface area contributed by atoms with Crippen molar-refractivity contribution in [1.82, 2.24) is 29.9 Å². The number of amides is 1. The predicted octanol–water partition coefficient (Wildman–Crippen LogP) is 2.84. The highest BCUT2D eigenvalue weighted by Gasteiger charge is 2.44. The van der Waals surface area contributed by atoms with Gasteiger partial charge in [-0.15, -0.1) is 10.2 Å². The number of methoxy groups -OCH3 is 1. The number of pyridine rings is 1. The number of hydrogen-bond donors (Lipinski definition) is 1. The number of anilines is 1. The molecule has 0 radical (unpaired) electrons. The van der Waals surface area contributed by atoms with Crippen LogP contribution in [0.5, 0.6) is 5.88 Å². The highest BCUT2D eigenvalue weighted by atomic mass is 16.5. The third kappa shape index (κ3) is 3.51. The Labute approximate surface area is 185 Å². The van der Waals surface area contributed by atoms with Crippen LogP contribution in [0.1, 0.15) is 25.7 Å². The lowest BCUT2D eigenvalue weighted by atomic mass is 9.96. The monoisotopic (exact) mass is 435 g/mol. The number of rotatable bonds is 5. The van der Waals surface area contributed by atoms with E-state index in [1.165, 1.54) is 0 Å². The quantitative estimate of drug-likeness (QED) is 0.652. The molecule has 2 fully saturated rings. The lowest BCUT2D eigenvalue weighted by Crippen LogP contribution is -2.51. The first-order valence-corrected chi connectivity index (χ1v) is 10.7. The van der Waals surface area contributed by atoms with Crippen LogP contribution in [0.4, 0.5) is 10.6 Å². The van der Waals surface area contributed by atoms with Crippen molar-refractivity contribution < 1.29 is 14.6 Å². The molecule has 32 heavy (non-hydrogen) atoms. The van der Waals surface area contributed by atoms with Crippen molar-refractivity contribution in [1.29, 1.82) is 0 Å². The third-order valence-corrected chi connectivity index (χ3v) is 6.54. The van der Waals surface area contributed by atoms with Gasteiger partial charge in [0.15, 0.2) is 5.82 Å². The molecule has 2 bridgehead atoms. The number of nitrogens with zero attached hydrogens (tertiary/aromatic N) is 7. The van der Waals surface area contributed by atoms with Crippen LogP contribution in [-0.2, 0) is 0 Å². The van der Waals surface area contributed by atoms with E-state index < -0.39 is 6.09 Å². The molecule has 10 nitrogen and oxygen atoms in total. The van der Waals surface area contributed by atoms with Gasteiger partial charge in [-0.3, -0.25) is 0 Å². The normalized spacial score (nSPS) is 22.1. The minimum atomic E-state index is -0.802. The van der Waals surface area contributed by atoms with Crippen LogP contribution in [0.25, 0.3) is 17.1 Å². The molecule has 1 N–H and O–H groups in total. The first-order chi connectivity index (χ1) is 15.5. The summed E-state index contributed by atoms with van der Waals surface area (Å²) in [5.41, 5.74) is 2.05. The molecule has 3 aromatic heterocycles. The molecule has 2 saturated heterocycles. The molecule has 0 aliphatic carbocycles. The maximum absolute atomic E-state index is 11.5. The molecule has 2 unspecified atom stereocenters. The van der Waals surface area contributed by atoms with Crippen LogP contribution >= 0.6 is 0 Å². The highest BCUT2D eigenvalue weighted by molar-refractivity contribution is 5.67. The summed E-state index contributed by atoms with van der Waals surface area (Å²) in [5, 5.41) is 22.5. The second-order valence-corrected chi connectivity index (χ2v) is 8.26. The molecule has 2 aliphatic rings. The zero-order valence-electron chi connectivity index (χ0n) is 18.0. The Balaban J connectivity index is 1.33. The van der Waals surface area contributed by atoms with E-state index in [2.05, 4.69) is 25.2 Å². The molecule has 0 saturated carbocycles. The minimum Gasteiger partial charge on any atom is -0.479 e. The average molecular weight is 435 g/mol. The van der Waals surface area contributed by atoms with Crippen molar-refractivity contribution in [2.75, 3.05) is 19.1 Å². The van der Waals surface area contributed by atoms with Gasteiger partial charge in [0.05, 0.1) is 12.8 Å². The molecule has 2 aliphatic heterocycles. The molecule has 3 atom stereocenters. The molecular formula is C22H25N7O3. The number of carbonyl (C=O) groups is 1. The van der Waals surface area contributed by atoms with Crippen LogP contribution in [0.3, 0.4) is 0 Å². The maximum Gasteiger partial charge on any atom is 0.407 e. The lowest BCUT2D eigenvalue weighted by Gasteiger charge is -2.41. The Kier molecular flexibility index (Phi) is 5.12. The molecule has 3 aromatic rings. The predicted molar refractivity (Wildman–Crippen MR) is 117 cm³/mol. The van der Waals surface area contributed by atoms with E-state index in [0.717, 1.165) is 37.2 Å². The minimum absolute atomic E-state index is 0.0934. The van der Waals surface area contributed by atoms with Crippen molar-refractivity contribution in [2.45, 2.75) is 43.8 Å². The van der Waals surface area contributed by atoms with E-state index in [1.807, 2.05) is 43.6 Å². The van der Waals surface area contributed by atoms with Crippen molar-refractivity contribution in [3.63, 3.8) is 0 Å². The molecule has 166 valence electrons. The summed E-state index contributed by atoms with van der Waals surface area (Å²) in [6, 6.07) is 9.86. The van der Waals surface area contributed by atoms with E-state index in [0.29, 0.717) is 17.3 Å². The van der Waals surface area contributed by atoms with E-state index in [-0.39, 0.29) is 18.1 Å². The number of piperidine rings is 1. The van der Waals surface area contributed by atoms with E-state index in [9.17, 15) is 9.90 Å². The molecule has 5 heterocycles. The molecule has 1 amide bonds. The number of hydrogen-bond acceptors (Lipinski definition) is 7. The van der Waals surface area contributed by atoms with Gasteiger partial charge in [0.1, 0.15) is 11.4 Å². The summed E-state index contributed by atoms with van der Waals surface area (Å²) < 4.78 is 7.15. The Morgan fingerprint density at radius 1 is 1.12 bits per heavy atom. The van der Waals surface area contributed by atoms with Crippen molar-refractivity contribution >= 4 is 11.9 Å². The Hall–Kier alpha value is -3.69. The number of fused-ring (bicyclic) bond motifs is 2. The van der Waals surface area contributed by atoms with Crippen LogP contribution < -0.4 is 9.64 Å². The summed E-state index contributed by atoms with van der Waals surface area (Å²) in [6.45, 7) is 0. The van der Waals surface area contributed by atoms with Gasteiger partial charge >= 0.3 is 6.09 Å². The first-order valence-electron chi connectivity index (χ1n) is 10.7. The zero-order chi connectivity index (χ0) is 22.2. The van der Waals surface area contributed by atoms with Gasteiger partial charge in [0.2, 0.25) is 5.88 Å². The fourth-order valence-corrected chi connectivity index (χ4v) is 4.93. The van der Waals surface area contributed by atoms with Crippen LogP contribution in [-0.4, -0.2) is 73.3 Å². The summed E-state index contributed by atoms with van der Waals surface area (Å²) >= 11 is 0. The average Bonchev–Trinajstić information content (AvgIpc) is 3.44. The van der Waals surface area contributed by atoms with Gasteiger partial charge in [-0.1, -0.05) is 0 Å². The summed E-state index contributed by atoms with van der Waals surface area (Å²) in [4.78, 5) is 19.9. The molecular weight excluding hydrogens is 410 g/mol. The third-order valence-electron chi connectivity index (χ3n) is 6.54. The van der Waals surface area contributed by atoms with Crippen LogP contribution in [0, 0.1) is 0 Å². The summed E-state index contributed by atoms with van der Waals surface area (Å²) in [6.07, 6.45) is 6.24. The van der Waals surface area contributed by atoms with E-state index >= 15 is 0 Å². The van der Waals surface area contributed by atoms with E-state index in [1.54, 1.807) is 22.9 Å². The Bertz CT molecular complexity index is 1090. The Morgan fingerprint density at radius 2 is 1.88 bits per heavy atom. The first kappa shape index (κ1) is 20.2. The number of ether oxygens (including phenoxy) is 1. The summed E-state index contributed by atoms with van der Waals surface area (Å²) in [5.74, 6) is 1.22. The number of aromatic nitrogens is 5. The van der Waals surface area contributed by atoms with Gasteiger partial charge < -0.3 is 19.6 Å². The van der Waals surface area contributed by atoms with Crippen molar-refractivity contribution in [3.05, 3.63) is 42.7 Å². The second-order valence-electron chi connectivity index (χ2n) is 8.26. The topological polar surface area (TPSA) is 110 Å². The van der Waals surface area contributed by atoms with Gasteiger partial charge in [0, 0.05) is 37.6 Å². The Morgan fingerprint density at radius 3 is 2.47 bits per heavy atom. The number of carboxylic acid groups (broad SMARTS) is 1. The SMILES string of the molecule is COc1nc(-c2ccc(N(C)C3CC4CC[C@@H](C3)N4C(=O)O)nn2)ccc1-n1cccn1. The van der Waals surface area contributed by atoms with Gasteiger partial charge in [-0.25, -0.2) is 14.5 Å². The van der Waals surface area contributed by atoms with Crippen LogP contribution in [0.15, 0.2) is 42.7 Å². The standard InChI is InChI=1S/C22H25N7O3/c1-27(16-12-14-4-5-15(13-16)29(14)22(30)31)20-9-7-18(25-26-20)17-6-8-19(21(24-17)32-2)28-11-3-10-23-28/h3,6-11,14-16H,4-5,12-13H2,1-2H3,(H,30,31)/t14-,15?,16?/m0/s1. The van der Waals surface area contributed by atoms with Gasteiger partial charge in [0.25, 0.3) is 0 Å². The van der Waals surface area contributed by atoms with Gasteiger partial charge in [-0.05, 0) is 56.0 Å². The maximum atomic E-state index is 11.5.